The van der Waals surface area contributed by atoms with Crippen LogP contribution in [-0.4, -0.2) is 23.7 Å². The number of halogens is 1. The van der Waals surface area contributed by atoms with Crippen LogP contribution in [0.5, 0.6) is 11.5 Å². The van der Waals surface area contributed by atoms with Gasteiger partial charge in [0, 0.05) is 16.8 Å². The van der Waals surface area contributed by atoms with Crippen molar-refractivity contribution in [2.24, 2.45) is 5.16 Å². The number of carboxylic acid groups (broad SMARTS) is 1. The molecule has 8 heteroatoms. The molecule has 1 atom stereocenters. The van der Waals surface area contributed by atoms with E-state index in [0.29, 0.717) is 28.6 Å². The third kappa shape index (κ3) is 3.08. The largest absolute Gasteiger partial charge is 0.478 e. The van der Waals surface area contributed by atoms with E-state index in [1.165, 1.54) is 24.3 Å². The number of amidine groups is 1. The summed E-state index contributed by atoms with van der Waals surface area (Å²) in [5.74, 6) is 0.355. The van der Waals surface area contributed by atoms with E-state index in [4.69, 9.17) is 19.4 Å². The normalized spacial score (nSPS) is 16.9. The molecule has 0 bridgehead atoms. The fourth-order valence-corrected chi connectivity index (χ4v) is 3.39. The minimum Gasteiger partial charge on any atom is -0.478 e. The van der Waals surface area contributed by atoms with Crippen LogP contribution in [0.2, 0.25) is 0 Å². The molecule has 2 aliphatic heterocycles. The molecule has 0 aromatic heterocycles. The van der Waals surface area contributed by atoms with Crippen molar-refractivity contribution >= 4 is 17.5 Å². The first-order chi connectivity index (χ1) is 14.6. The Morgan fingerprint density at radius 1 is 1.00 bits per heavy atom. The van der Waals surface area contributed by atoms with Crippen LogP contribution in [0.25, 0.3) is 0 Å². The molecule has 2 aliphatic rings. The Kier molecular flexibility index (Phi) is 4.24. The number of hydrogen-bond acceptors (Lipinski definition) is 6. The summed E-state index contributed by atoms with van der Waals surface area (Å²) in [6.45, 7) is 0.156. The van der Waals surface area contributed by atoms with Crippen molar-refractivity contribution in [2.75, 3.05) is 11.7 Å². The zero-order valence-electron chi connectivity index (χ0n) is 15.5. The van der Waals surface area contributed by atoms with Gasteiger partial charge in [0.2, 0.25) is 13.0 Å². The van der Waals surface area contributed by atoms with E-state index in [2.05, 4.69) is 5.16 Å². The van der Waals surface area contributed by atoms with E-state index in [9.17, 15) is 9.18 Å². The van der Waals surface area contributed by atoms with Crippen molar-refractivity contribution < 1.29 is 28.6 Å². The first-order valence-corrected chi connectivity index (χ1v) is 9.12. The van der Waals surface area contributed by atoms with Crippen molar-refractivity contribution in [1.82, 2.24) is 0 Å². The van der Waals surface area contributed by atoms with Gasteiger partial charge in [0.25, 0.3) is 0 Å². The molecule has 0 fully saturated rings. The molecule has 1 N–H and O–H groups in total. The monoisotopic (exact) mass is 406 g/mol. The molecule has 3 aromatic rings. The molecule has 0 saturated carbocycles. The van der Waals surface area contributed by atoms with E-state index in [0.717, 1.165) is 5.56 Å². The highest BCUT2D eigenvalue weighted by atomic mass is 19.1. The van der Waals surface area contributed by atoms with Crippen LogP contribution in [0.15, 0.2) is 71.9 Å². The molecule has 0 spiro atoms. The molecule has 150 valence electrons. The molecule has 1 unspecified atom stereocenters. The second kappa shape index (κ2) is 7.07. The molecular formula is C22H15FN2O5. The number of hydrogen-bond donors (Lipinski definition) is 1. The Hall–Kier alpha value is -4.07. The van der Waals surface area contributed by atoms with Gasteiger partial charge in [0.05, 0.1) is 5.56 Å². The van der Waals surface area contributed by atoms with Crippen LogP contribution >= 0.6 is 0 Å². The first-order valence-electron chi connectivity index (χ1n) is 9.12. The number of carboxylic acids is 1. The Morgan fingerprint density at radius 3 is 2.47 bits per heavy atom. The lowest BCUT2D eigenvalue weighted by atomic mass is 10.1. The van der Waals surface area contributed by atoms with Crippen molar-refractivity contribution in [1.29, 1.82) is 0 Å². The molecule has 30 heavy (non-hydrogen) atoms. The smallest absolute Gasteiger partial charge is 0.335 e. The summed E-state index contributed by atoms with van der Waals surface area (Å²) < 4.78 is 24.3. The minimum atomic E-state index is -1.01. The van der Waals surface area contributed by atoms with Crippen LogP contribution in [-0.2, 0) is 4.84 Å². The van der Waals surface area contributed by atoms with Crippen LogP contribution < -0.4 is 14.4 Å². The third-order valence-corrected chi connectivity index (χ3v) is 4.88. The van der Waals surface area contributed by atoms with Crippen LogP contribution in [0.4, 0.5) is 10.1 Å². The summed E-state index contributed by atoms with van der Waals surface area (Å²) in [4.78, 5) is 18.7. The number of aromatic carboxylic acids is 1. The molecular weight excluding hydrogens is 391 g/mol. The highest BCUT2D eigenvalue weighted by Gasteiger charge is 2.35. The highest BCUT2D eigenvalue weighted by molar-refractivity contribution is 6.11. The maximum Gasteiger partial charge on any atom is 0.335 e. The molecule has 0 aliphatic carbocycles. The van der Waals surface area contributed by atoms with Crippen LogP contribution in [0.1, 0.15) is 27.7 Å². The third-order valence-electron chi connectivity index (χ3n) is 4.88. The Labute approximate surface area is 170 Å². The Morgan fingerprint density at radius 2 is 1.73 bits per heavy atom. The zero-order chi connectivity index (χ0) is 20.7. The SMILES string of the molecule is O=C(O)c1ccc(C2=NOC(c3ccc4c(c3)OCO4)N2c2ccc(F)cc2)cc1. The minimum absolute atomic E-state index is 0.156. The summed E-state index contributed by atoms with van der Waals surface area (Å²) in [6, 6.07) is 17.7. The van der Waals surface area contributed by atoms with Gasteiger partial charge < -0.3 is 19.4 Å². The maximum absolute atomic E-state index is 13.5. The number of oxime groups is 1. The van der Waals surface area contributed by atoms with Gasteiger partial charge >= 0.3 is 5.97 Å². The Bertz CT molecular complexity index is 1150. The molecule has 0 radical (unpaired) electrons. The highest BCUT2D eigenvalue weighted by Crippen LogP contribution is 2.40. The van der Waals surface area contributed by atoms with Crippen molar-refractivity contribution in [3.05, 3.63) is 89.2 Å². The first kappa shape index (κ1) is 18.0. The maximum atomic E-state index is 13.5. The fraction of sp³-hybridized carbons (Fsp3) is 0.0909. The van der Waals surface area contributed by atoms with Gasteiger partial charge in [-0.3, -0.25) is 4.90 Å². The quantitative estimate of drug-likeness (QED) is 0.701. The molecule has 3 aromatic carbocycles. The number of anilines is 1. The van der Waals surface area contributed by atoms with Gasteiger partial charge in [-0.05, 0) is 54.6 Å². The van der Waals surface area contributed by atoms with E-state index in [-0.39, 0.29) is 18.2 Å². The van der Waals surface area contributed by atoms with Gasteiger partial charge in [0.15, 0.2) is 17.3 Å². The van der Waals surface area contributed by atoms with E-state index < -0.39 is 12.2 Å². The lowest BCUT2D eigenvalue weighted by Gasteiger charge is -2.26. The van der Waals surface area contributed by atoms with Crippen molar-refractivity contribution in [3.8, 4) is 11.5 Å². The number of benzene rings is 3. The lowest BCUT2D eigenvalue weighted by molar-refractivity contribution is 0.0697. The summed E-state index contributed by atoms with van der Waals surface area (Å²) >= 11 is 0. The van der Waals surface area contributed by atoms with Crippen LogP contribution in [0, 0.1) is 5.82 Å². The lowest BCUT2D eigenvalue weighted by Crippen LogP contribution is -2.31. The molecule has 5 rings (SSSR count). The molecule has 2 heterocycles. The topological polar surface area (TPSA) is 80.6 Å². The van der Waals surface area contributed by atoms with Gasteiger partial charge in [-0.2, -0.15) is 0 Å². The Balaban J connectivity index is 1.55. The van der Waals surface area contributed by atoms with Crippen molar-refractivity contribution in [2.45, 2.75) is 6.23 Å². The second-order valence-electron chi connectivity index (χ2n) is 6.71. The summed E-state index contributed by atoms with van der Waals surface area (Å²) in [5, 5.41) is 13.4. The van der Waals surface area contributed by atoms with E-state index in [1.807, 2.05) is 17.0 Å². The van der Waals surface area contributed by atoms with Crippen molar-refractivity contribution in [3.63, 3.8) is 0 Å². The van der Waals surface area contributed by atoms with E-state index >= 15 is 0 Å². The van der Waals surface area contributed by atoms with Gasteiger partial charge in [-0.25, -0.2) is 9.18 Å². The van der Waals surface area contributed by atoms with Gasteiger partial charge in [0.1, 0.15) is 5.82 Å². The molecule has 0 amide bonds. The number of fused-ring (bicyclic) bond motifs is 1. The summed E-state index contributed by atoms with van der Waals surface area (Å²) in [6.07, 6.45) is -0.626. The second-order valence-corrected chi connectivity index (χ2v) is 6.71. The summed E-state index contributed by atoms with van der Waals surface area (Å²) in [5.41, 5.74) is 2.26. The van der Waals surface area contributed by atoms with Crippen LogP contribution in [0.3, 0.4) is 0 Å². The average Bonchev–Trinajstić information content (AvgIpc) is 3.41. The standard InChI is InChI=1S/C22H15FN2O5/c23-16-6-8-17(9-7-16)25-20(13-1-3-14(4-2-13)22(26)27)24-30-21(25)15-5-10-18-19(11-15)29-12-28-18/h1-11,21H,12H2,(H,26,27). The predicted molar refractivity (Wildman–Crippen MR) is 105 cm³/mol. The number of ether oxygens (including phenoxy) is 2. The predicted octanol–water partition coefficient (Wildman–Crippen LogP) is 4.15. The van der Waals surface area contributed by atoms with Gasteiger partial charge in [-0.15, -0.1) is 0 Å². The molecule has 0 saturated heterocycles. The number of nitrogens with zero attached hydrogens (tertiary/aromatic N) is 2. The summed E-state index contributed by atoms with van der Waals surface area (Å²) in [7, 11) is 0. The van der Waals surface area contributed by atoms with E-state index in [1.54, 1.807) is 30.3 Å². The zero-order valence-corrected chi connectivity index (χ0v) is 15.5. The average molecular weight is 406 g/mol. The number of carbonyl (C=O) groups is 1. The fourth-order valence-electron chi connectivity index (χ4n) is 3.39. The van der Waals surface area contributed by atoms with Gasteiger partial charge in [-0.1, -0.05) is 17.3 Å². The number of rotatable bonds is 4. The molecule has 7 nitrogen and oxygen atoms in total.